The summed E-state index contributed by atoms with van der Waals surface area (Å²) in [5, 5.41) is 8.56. The summed E-state index contributed by atoms with van der Waals surface area (Å²) >= 11 is 0. The van der Waals surface area contributed by atoms with E-state index in [0.29, 0.717) is 6.54 Å². The van der Waals surface area contributed by atoms with E-state index < -0.39 is 0 Å². The van der Waals surface area contributed by atoms with Gasteiger partial charge in [0.25, 0.3) is 0 Å². The average molecular weight is 138 g/mol. The predicted octanol–water partition coefficient (Wildman–Crippen LogP) is 2.02. The molecule has 0 aromatic carbocycles. The fourth-order valence-electron chi connectivity index (χ4n) is 0.778. The van der Waals surface area contributed by atoms with Gasteiger partial charge in [-0.15, -0.1) is 0 Å². The molecule has 0 spiro atoms. The lowest BCUT2D eigenvalue weighted by atomic mass is 10.1. The Hall–Kier alpha value is -0.840. The molecule has 0 fully saturated rings. The van der Waals surface area contributed by atoms with Crippen molar-refractivity contribution in [2.45, 2.75) is 26.7 Å². The highest BCUT2D eigenvalue weighted by molar-refractivity contribution is 5.53. The average Bonchev–Trinajstić information content (AvgIpc) is 1.98. The maximum absolute atomic E-state index is 8.56. The molecule has 0 N–H and O–H groups in total. The van der Waals surface area contributed by atoms with E-state index >= 15 is 0 Å². The molecule has 1 atom stereocenters. The molecular formula is C8H14N2. The standard InChI is InChI=1S/C8H14N2/c1-3-5-8(6-9)7-10-4-2/h4,8H,3,5,7H2,1-2H3. The van der Waals surface area contributed by atoms with Crippen molar-refractivity contribution in [2.75, 3.05) is 6.54 Å². The fraction of sp³-hybridized carbons (Fsp3) is 0.750. The van der Waals surface area contributed by atoms with Crippen LogP contribution in [-0.4, -0.2) is 12.8 Å². The van der Waals surface area contributed by atoms with Crippen LogP contribution in [0.5, 0.6) is 0 Å². The Bertz CT molecular complexity index is 133. The Kier molecular flexibility index (Phi) is 5.75. The molecule has 0 amide bonds. The Labute approximate surface area is 62.6 Å². The fourth-order valence-corrected chi connectivity index (χ4v) is 0.778. The second kappa shape index (κ2) is 6.28. The van der Waals surface area contributed by atoms with E-state index in [1.54, 1.807) is 6.21 Å². The van der Waals surface area contributed by atoms with E-state index in [1.807, 2.05) is 6.92 Å². The Balaban J connectivity index is 3.52. The molecule has 10 heavy (non-hydrogen) atoms. The second-order valence-corrected chi connectivity index (χ2v) is 2.24. The highest BCUT2D eigenvalue weighted by Crippen LogP contribution is 2.04. The molecule has 0 aromatic heterocycles. The minimum atomic E-state index is 0.126. The van der Waals surface area contributed by atoms with Crippen LogP contribution in [0.15, 0.2) is 4.99 Å². The van der Waals surface area contributed by atoms with Crippen LogP contribution in [-0.2, 0) is 0 Å². The van der Waals surface area contributed by atoms with Gasteiger partial charge in [0.2, 0.25) is 0 Å². The van der Waals surface area contributed by atoms with Gasteiger partial charge in [-0.2, -0.15) is 5.26 Å². The summed E-state index contributed by atoms with van der Waals surface area (Å²) in [7, 11) is 0. The second-order valence-electron chi connectivity index (χ2n) is 2.24. The first kappa shape index (κ1) is 9.16. The Morgan fingerprint density at radius 2 is 2.40 bits per heavy atom. The molecular weight excluding hydrogens is 124 g/mol. The molecule has 0 saturated heterocycles. The van der Waals surface area contributed by atoms with Gasteiger partial charge in [-0.3, -0.25) is 4.99 Å². The topological polar surface area (TPSA) is 36.1 Å². The maximum Gasteiger partial charge on any atom is 0.0675 e. The third-order valence-corrected chi connectivity index (χ3v) is 1.33. The molecule has 1 unspecified atom stereocenters. The monoisotopic (exact) mass is 138 g/mol. The lowest BCUT2D eigenvalue weighted by Gasteiger charge is -2.00. The van der Waals surface area contributed by atoms with Crippen molar-refractivity contribution >= 4 is 6.21 Å². The van der Waals surface area contributed by atoms with Crippen LogP contribution in [0, 0.1) is 17.2 Å². The SMILES string of the molecule is CC=NCC(C#N)CCC. The van der Waals surface area contributed by atoms with Gasteiger partial charge in [0.15, 0.2) is 0 Å². The van der Waals surface area contributed by atoms with Crippen molar-refractivity contribution in [3.8, 4) is 6.07 Å². The Morgan fingerprint density at radius 1 is 1.70 bits per heavy atom. The number of aliphatic imine (C=N–C) groups is 1. The minimum Gasteiger partial charge on any atom is -0.296 e. The first-order valence-electron chi connectivity index (χ1n) is 3.69. The van der Waals surface area contributed by atoms with Crippen molar-refractivity contribution in [3.63, 3.8) is 0 Å². The first-order valence-corrected chi connectivity index (χ1v) is 3.69. The summed E-state index contributed by atoms with van der Waals surface area (Å²) in [4.78, 5) is 4.01. The van der Waals surface area contributed by atoms with Gasteiger partial charge in [0.05, 0.1) is 18.5 Å². The molecule has 56 valence electrons. The number of hydrogen-bond acceptors (Lipinski definition) is 2. The zero-order valence-electron chi connectivity index (χ0n) is 6.67. The third kappa shape index (κ3) is 4.08. The van der Waals surface area contributed by atoms with Crippen molar-refractivity contribution in [1.82, 2.24) is 0 Å². The van der Waals surface area contributed by atoms with Gasteiger partial charge in [0.1, 0.15) is 0 Å². The largest absolute Gasteiger partial charge is 0.296 e. The number of nitrogens with zero attached hydrogens (tertiary/aromatic N) is 2. The Morgan fingerprint density at radius 3 is 2.80 bits per heavy atom. The quantitative estimate of drug-likeness (QED) is 0.547. The molecule has 0 saturated carbocycles. The van der Waals surface area contributed by atoms with Gasteiger partial charge in [0, 0.05) is 0 Å². The summed E-state index contributed by atoms with van der Waals surface area (Å²) in [5.74, 6) is 0.126. The third-order valence-electron chi connectivity index (χ3n) is 1.33. The van der Waals surface area contributed by atoms with Gasteiger partial charge >= 0.3 is 0 Å². The molecule has 0 radical (unpaired) electrons. The summed E-state index contributed by atoms with van der Waals surface area (Å²) in [6, 6.07) is 2.22. The number of rotatable bonds is 4. The van der Waals surface area contributed by atoms with Crippen LogP contribution in [0.25, 0.3) is 0 Å². The normalized spacial score (nSPS) is 13.3. The molecule has 0 aromatic rings. The molecule has 0 bridgehead atoms. The van der Waals surface area contributed by atoms with E-state index in [-0.39, 0.29) is 5.92 Å². The molecule has 0 aliphatic carbocycles. The van der Waals surface area contributed by atoms with Gasteiger partial charge in [-0.1, -0.05) is 13.3 Å². The van der Waals surface area contributed by atoms with Crippen LogP contribution in [0.1, 0.15) is 26.7 Å². The molecule has 2 heteroatoms. The lowest BCUT2D eigenvalue weighted by Crippen LogP contribution is -2.00. The van der Waals surface area contributed by atoms with Crippen molar-refractivity contribution in [2.24, 2.45) is 10.9 Å². The summed E-state index contributed by atoms with van der Waals surface area (Å²) in [5.41, 5.74) is 0. The van der Waals surface area contributed by atoms with E-state index in [4.69, 9.17) is 5.26 Å². The van der Waals surface area contributed by atoms with Crippen LogP contribution in [0.4, 0.5) is 0 Å². The summed E-state index contributed by atoms with van der Waals surface area (Å²) < 4.78 is 0. The van der Waals surface area contributed by atoms with E-state index in [2.05, 4.69) is 18.0 Å². The van der Waals surface area contributed by atoms with Gasteiger partial charge in [-0.25, -0.2) is 0 Å². The molecule has 0 aliphatic rings. The van der Waals surface area contributed by atoms with Crippen LogP contribution in [0.3, 0.4) is 0 Å². The van der Waals surface area contributed by atoms with Crippen molar-refractivity contribution in [3.05, 3.63) is 0 Å². The molecule has 2 nitrogen and oxygen atoms in total. The predicted molar refractivity (Wildman–Crippen MR) is 43.0 cm³/mol. The van der Waals surface area contributed by atoms with Crippen molar-refractivity contribution < 1.29 is 0 Å². The number of hydrogen-bond donors (Lipinski definition) is 0. The van der Waals surface area contributed by atoms with E-state index in [9.17, 15) is 0 Å². The van der Waals surface area contributed by atoms with Crippen LogP contribution < -0.4 is 0 Å². The first-order chi connectivity index (χ1) is 4.85. The van der Waals surface area contributed by atoms with Gasteiger partial charge < -0.3 is 0 Å². The molecule has 0 heterocycles. The highest BCUT2D eigenvalue weighted by atomic mass is 14.7. The highest BCUT2D eigenvalue weighted by Gasteiger charge is 2.02. The van der Waals surface area contributed by atoms with E-state index in [1.165, 1.54) is 0 Å². The zero-order valence-corrected chi connectivity index (χ0v) is 6.67. The molecule has 0 rings (SSSR count). The smallest absolute Gasteiger partial charge is 0.0675 e. The maximum atomic E-state index is 8.56. The van der Waals surface area contributed by atoms with Crippen LogP contribution >= 0.6 is 0 Å². The number of nitriles is 1. The summed E-state index contributed by atoms with van der Waals surface area (Å²) in [6.45, 7) is 4.63. The van der Waals surface area contributed by atoms with Gasteiger partial charge in [-0.05, 0) is 19.6 Å². The summed E-state index contributed by atoms with van der Waals surface area (Å²) in [6.07, 6.45) is 3.78. The molecule has 0 aliphatic heterocycles. The minimum absolute atomic E-state index is 0.126. The zero-order chi connectivity index (χ0) is 7.82. The van der Waals surface area contributed by atoms with Crippen molar-refractivity contribution in [1.29, 1.82) is 5.26 Å². The lowest BCUT2D eigenvalue weighted by molar-refractivity contribution is 0.604. The van der Waals surface area contributed by atoms with E-state index in [0.717, 1.165) is 12.8 Å². The van der Waals surface area contributed by atoms with Crippen LogP contribution in [0.2, 0.25) is 0 Å².